The normalized spacial score (nSPS) is 16.6. The Bertz CT molecular complexity index is 538. The van der Waals surface area contributed by atoms with Gasteiger partial charge in [0.05, 0.1) is 6.61 Å². The van der Waals surface area contributed by atoms with Gasteiger partial charge in [-0.1, -0.05) is 13.8 Å². The lowest BCUT2D eigenvalue weighted by molar-refractivity contribution is 0.191. The van der Waals surface area contributed by atoms with Gasteiger partial charge in [-0.3, -0.25) is 4.99 Å². The summed E-state index contributed by atoms with van der Waals surface area (Å²) in [5.74, 6) is 2.75. The second kappa shape index (κ2) is 12.7. The summed E-state index contributed by atoms with van der Waals surface area (Å²) in [6.07, 6.45) is 6.43. The fourth-order valence-electron chi connectivity index (χ4n) is 3.25. The molecule has 0 aromatic carbocycles. The van der Waals surface area contributed by atoms with Crippen molar-refractivity contribution in [3.05, 3.63) is 12.2 Å². The maximum Gasteiger partial charge on any atom is 0.191 e. The Balaban J connectivity index is 1.71. The van der Waals surface area contributed by atoms with Crippen LogP contribution in [0.15, 0.2) is 11.3 Å². The number of guanidine groups is 1. The molecule has 0 aliphatic carbocycles. The first-order chi connectivity index (χ1) is 13.2. The van der Waals surface area contributed by atoms with Crippen LogP contribution >= 0.6 is 0 Å². The third-order valence-electron chi connectivity index (χ3n) is 5.03. The molecular formula is C19H37N7O. The summed E-state index contributed by atoms with van der Waals surface area (Å²) in [5.41, 5.74) is 0. The van der Waals surface area contributed by atoms with Crippen molar-refractivity contribution < 1.29 is 4.74 Å². The molecule has 154 valence electrons. The number of methoxy groups -OCH3 is 1. The second-order valence-electron chi connectivity index (χ2n) is 7.25. The van der Waals surface area contributed by atoms with Gasteiger partial charge in [0.1, 0.15) is 12.2 Å². The molecule has 0 saturated carbocycles. The van der Waals surface area contributed by atoms with Gasteiger partial charge in [-0.15, -0.1) is 10.2 Å². The number of aliphatic imine (C=N–C) groups is 1. The molecule has 0 bridgehead atoms. The lowest BCUT2D eigenvalue weighted by atomic mass is 9.99. The van der Waals surface area contributed by atoms with Crippen LogP contribution in [0.5, 0.6) is 0 Å². The van der Waals surface area contributed by atoms with Crippen molar-refractivity contribution in [2.45, 2.75) is 46.1 Å². The predicted molar refractivity (Wildman–Crippen MR) is 109 cm³/mol. The number of aryl methyl sites for hydroxylation is 1. The molecule has 1 aliphatic heterocycles. The van der Waals surface area contributed by atoms with E-state index in [1.165, 1.54) is 25.9 Å². The van der Waals surface area contributed by atoms with Crippen molar-refractivity contribution in [1.29, 1.82) is 0 Å². The Morgan fingerprint density at radius 1 is 1.26 bits per heavy atom. The molecule has 8 nitrogen and oxygen atoms in total. The zero-order chi connectivity index (χ0) is 19.3. The van der Waals surface area contributed by atoms with E-state index in [0.717, 1.165) is 63.3 Å². The summed E-state index contributed by atoms with van der Waals surface area (Å²) in [6, 6.07) is 0. The van der Waals surface area contributed by atoms with Gasteiger partial charge < -0.3 is 24.8 Å². The number of rotatable bonds is 11. The van der Waals surface area contributed by atoms with E-state index in [9.17, 15) is 0 Å². The highest BCUT2D eigenvalue weighted by molar-refractivity contribution is 5.79. The molecule has 0 unspecified atom stereocenters. The van der Waals surface area contributed by atoms with Crippen LogP contribution in [0.3, 0.4) is 0 Å². The van der Waals surface area contributed by atoms with E-state index in [0.29, 0.717) is 6.61 Å². The monoisotopic (exact) mass is 379 g/mol. The molecule has 1 fully saturated rings. The van der Waals surface area contributed by atoms with Crippen molar-refractivity contribution in [1.82, 2.24) is 30.3 Å². The minimum atomic E-state index is 0.665. The van der Waals surface area contributed by atoms with E-state index in [-0.39, 0.29) is 0 Å². The molecule has 1 aromatic rings. The lowest BCUT2D eigenvalue weighted by Gasteiger charge is -2.29. The summed E-state index contributed by atoms with van der Waals surface area (Å²) in [4.78, 5) is 7.30. The molecule has 1 saturated heterocycles. The minimum Gasteiger partial charge on any atom is -0.383 e. The van der Waals surface area contributed by atoms with Gasteiger partial charge in [0, 0.05) is 39.7 Å². The van der Waals surface area contributed by atoms with Crippen LogP contribution in [0.2, 0.25) is 0 Å². The molecule has 8 heteroatoms. The third kappa shape index (κ3) is 8.26. The van der Waals surface area contributed by atoms with Gasteiger partial charge in [0.15, 0.2) is 5.96 Å². The zero-order valence-corrected chi connectivity index (χ0v) is 17.3. The van der Waals surface area contributed by atoms with E-state index in [1.54, 1.807) is 13.4 Å². The van der Waals surface area contributed by atoms with E-state index in [4.69, 9.17) is 9.73 Å². The number of nitrogens with zero attached hydrogens (tertiary/aromatic N) is 5. The molecule has 1 aromatic heterocycles. The molecule has 0 amide bonds. The largest absolute Gasteiger partial charge is 0.383 e. The van der Waals surface area contributed by atoms with E-state index in [1.807, 2.05) is 0 Å². The Kier molecular flexibility index (Phi) is 10.1. The molecule has 27 heavy (non-hydrogen) atoms. The van der Waals surface area contributed by atoms with E-state index >= 15 is 0 Å². The van der Waals surface area contributed by atoms with Gasteiger partial charge in [0.2, 0.25) is 0 Å². The summed E-state index contributed by atoms with van der Waals surface area (Å²) in [7, 11) is 1.71. The van der Waals surface area contributed by atoms with Crippen LogP contribution in [0, 0.1) is 5.92 Å². The summed E-state index contributed by atoms with van der Waals surface area (Å²) in [5, 5.41) is 14.8. The molecule has 1 aliphatic rings. The average Bonchev–Trinajstić information content (AvgIpc) is 3.14. The highest BCUT2D eigenvalue weighted by Gasteiger charge is 2.14. The molecule has 2 N–H and O–H groups in total. The van der Waals surface area contributed by atoms with Crippen LogP contribution in [0.1, 0.15) is 38.9 Å². The Morgan fingerprint density at radius 3 is 2.78 bits per heavy atom. The Morgan fingerprint density at radius 2 is 2.04 bits per heavy atom. The van der Waals surface area contributed by atoms with E-state index < -0.39 is 0 Å². The minimum absolute atomic E-state index is 0.665. The van der Waals surface area contributed by atoms with Crippen LogP contribution in [0.25, 0.3) is 0 Å². The Labute approximate surface area is 163 Å². The highest BCUT2D eigenvalue weighted by Crippen LogP contribution is 2.15. The molecular weight excluding hydrogens is 342 g/mol. The standard InChI is InChI=1S/C19H37N7O/c1-4-18-24-23-16-26(18)14-9-21-19(22-10-15-27-3)20-8-5-11-25-12-6-17(2)7-13-25/h16-17H,4-15H2,1-3H3,(H2,20,21,22). The lowest BCUT2D eigenvalue weighted by Crippen LogP contribution is -2.40. The number of hydrogen-bond donors (Lipinski definition) is 2. The van der Waals surface area contributed by atoms with Crippen molar-refractivity contribution in [3.8, 4) is 0 Å². The van der Waals surface area contributed by atoms with E-state index in [2.05, 4.69) is 44.1 Å². The van der Waals surface area contributed by atoms with Crippen LogP contribution in [0.4, 0.5) is 0 Å². The fourth-order valence-corrected chi connectivity index (χ4v) is 3.25. The number of aromatic nitrogens is 3. The Hall–Kier alpha value is -1.67. The van der Waals surface area contributed by atoms with Crippen LogP contribution in [-0.4, -0.2) is 78.6 Å². The number of hydrogen-bond acceptors (Lipinski definition) is 5. The van der Waals surface area contributed by atoms with Crippen molar-refractivity contribution in [2.75, 3.05) is 53.0 Å². The predicted octanol–water partition coefficient (Wildman–Crippen LogP) is 1.14. The van der Waals surface area contributed by atoms with Crippen molar-refractivity contribution in [2.24, 2.45) is 10.9 Å². The molecule has 0 atom stereocenters. The summed E-state index contributed by atoms with van der Waals surface area (Å²) < 4.78 is 7.21. The SMILES string of the molecule is CCc1nncn1CCNC(=NCCCN1CCC(C)CC1)NCCOC. The number of nitrogens with one attached hydrogen (secondary N) is 2. The average molecular weight is 380 g/mol. The van der Waals surface area contributed by atoms with Crippen molar-refractivity contribution in [3.63, 3.8) is 0 Å². The van der Waals surface area contributed by atoms with Crippen molar-refractivity contribution >= 4 is 5.96 Å². The molecule has 2 heterocycles. The van der Waals surface area contributed by atoms with Gasteiger partial charge >= 0.3 is 0 Å². The first-order valence-corrected chi connectivity index (χ1v) is 10.3. The van der Waals surface area contributed by atoms with Crippen LogP contribution < -0.4 is 10.6 Å². The zero-order valence-electron chi connectivity index (χ0n) is 17.3. The number of ether oxygens (including phenoxy) is 1. The quantitative estimate of drug-likeness (QED) is 0.341. The molecule has 0 radical (unpaired) electrons. The fraction of sp³-hybridized carbons (Fsp3) is 0.842. The van der Waals surface area contributed by atoms with Gasteiger partial charge in [-0.25, -0.2) is 0 Å². The maximum atomic E-state index is 5.13. The van der Waals surface area contributed by atoms with Gasteiger partial charge in [-0.05, 0) is 44.8 Å². The van der Waals surface area contributed by atoms with Gasteiger partial charge in [-0.2, -0.15) is 0 Å². The number of piperidine rings is 1. The first-order valence-electron chi connectivity index (χ1n) is 10.3. The van der Waals surface area contributed by atoms with Crippen LogP contribution in [-0.2, 0) is 17.7 Å². The second-order valence-corrected chi connectivity index (χ2v) is 7.25. The summed E-state index contributed by atoms with van der Waals surface area (Å²) >= 11 is 0. The van der Waals surface area contributed by atoms with Gasteiger partial charge in [0.25, 0.3) is 0 Å². The smallest absolute Gasteiger partial charge is 0.191 e. The summed E-state index contributed by atoms with van der Waals surface area (Å²) in [6.45, 7) is 11.9. The topological polar surface area (TPSA) is 79.6 Å². The molecule has 0 spiro atoms. The first kappa shape index (κ1) is 21.6. The highest BCUT2D eigenvalue weighted by atomic mass is 16.5. The number of likely N-dealkylation sites (tertiary alicyclic amines) is 1. The maximum absolute atomic E-state index is 5.13. The molecule has 2 rings (SSSR count). The third-order valence-corrected chi connectivity index (χ3v) is 5.03.